The van der Waals surface area contributed by atoms with E-state index < -0.39 is 18.4 Å². The van der Waals surface area contributed by atoms with Crippen molar-refractivity contribution in [2.75, 3.05) is 6.54 Å². The first-order valence-corrected chi connectivity index (χ1v) is 8.26. The summed E-state index contributed by atoms with van der Waals surface area (Å²) in [5.41, 5.74) is -0.865. The normalized spacial score (nSPS) is 23.6. The van der Waals surface area contributed by atoms with Gasteiger partial charge in [-0.2, -0.15) is 13.2 Å². The maximum Gasteiger partial charge on any atom is 0.401 e. The Hall–Kier alpha value is -2.49. The second kappa shape index (κ2) is 7.40. The Bertz CT molecular complexity index is 711. The fourth-order valence-electron chi connectivity index (χ4n) is 3.21. The van der Waals surface area contributed by atoms with E-state index in [1.807, 2.05) is 0 Å². The molecule has 3 rings (SSSR count). The van der Waals surface area contributed by atoms with Crippen LogP contribution in [0.4, 0.5) is 13.2 Å². The molecule has 140 valence electrons. The Morgan fingerprint density at radius 3 is 2.50 bits per heavy atom. The van der Waals surface area contributed by atoms with Crippen LogP contribution in [0, 0.1) is 0 Å². The second-order valence-electron chi connectivity index (χ2n) is 6.29. The Morgan fingerprint density at radius 1 is 1.23 bits per heavy atom. The van der Waals surface area contributed by atoms with E-state index in [4.69, 9.17) is 0 Å². The number of rotatable bonds is 5. The number of alkyl halides is 3. The molecule has 1 fully saturated rings. The molecule has 0 aliphatic heterocycles. The van der Waals surface area contributed by atoms with Gasteiger partial charge >= 0.3 is 6.18 Å². The second-order valence-corrected chi connectivity index (χ2v) is 6.29. The zero-order chi connectivity index (χ0) is 18.6. The minimum atomic E-state index is -4.30. The number of carbonyl (C=O) groups is 1. The summed E-state index contributed by atoms with van der Waals surface area (Å²) in [6.45, 7) is -1.08. The van der Waals surface area contributed by atoms with Gasteiger partial charge in [-0.3, -0.25) is 10.1 Å². The summed E-state index contributed by atoms with van der Waals surface area (Å²) in [5.74, 6) is -0.303. The van der Waals surface area contributed by atoms with Gasteiger partial charge in [-0.05, 0) is 31.7 Å². The molecule has 0 saturated heterocycles. The van der Waals surface area contributed by atoms with Gasteiger partial charge in [0.15, 0.2) is 0 Å². The smallest absolute Gasteiger partial charge is 0.347 e. The summed E-state index contributed by atoms with van der Waals surface area (Å²) in [5, 5.41) is 5.50. The maximum absolute atomic E-state index is 12.7. The molecule has 2 aromatic rings. The number of nitrogens with zero attached hydrogens (tertiary/aromatic N) is 4. The van der Waals surface area contributed by atoms with Gasteiger partial charge in [0.05, 0.1) is 18.5 Å². The lowest BCUT2D eigenvalue weighted by atomic mass is 9.85. The van der Waals surface area contributed by atoms with Crippen LogP contribution in [-0.2, 0) is 5.66 Å². The third-order valence-corrected chi connectivity index (χ3v) is 4.53. The fraction of sp³-hybridized carbons (Fsp3) is 0.500. The topological polar surface area (TPSA) is 84.7 Å². The molecule has 0 radical (unpaired) electrons. The average Bonchev–Trinajstić information content (AvgIpc) is 3.17. The molecule has 1 aliphatic rings. The maximum atomic E-state index is 12.7. The molecule has 0 bridgehead atoms. The molecule has 0 unspecified atom stereocenters. The highest BCUT2D eigenvalue weighted by Gasteiger charge is 2.40. The zero-order valence-electron chi connectivity index (χ0n) is 13.9. The molecule has 7 nitrogen and oxygen atoms in total. The van der Waals surface area contributed by atoms with Crippen LogP contribution in [0.2, 0.25) is 0 Å². The van der Waals surface area contributed by atoms with Crippen LogP contribution in [0.15, 0.2) is 37.2 Å². The summed E-state index contributed by atoms with van der Waals surface area (Å²) >= 11 is 0. The van der Waals surface area contributed by atoms with E-state index in [0.29, 0.717) is 25.7 Å². The Labute approximate surface area is 148 Å². The quantitative estimate of drug-likeness (QED) is 0.841. The molecular weight excluding hydrogens is 349 g/mol. The van der Waals surface area contributed by atoms with Gasteiger partial charge < -0.3 is 9.88 Å². The van der Waals surface area contributed by atoms with Crippen LogP contribution < -0.4 is 10.6 Å². The molecule has 1 amide bonds. The number of halogens is 3. The lowest BCUT2D eigenvalue weighted by molar-refractivity contribution is -0.133. The standard InChI is InChI=1S/C16H19F3N6O/c17-16(18,19)10-23-15(25-9-8-20-11-25)4-2-12(3-5-15)24-14(26)13-21-6-1-7-22-13/h1,6-9,11-12,23H,2-5,10H2,(H,24,26). The minimum absolute atomic E-state index is 0.0779. The summed E-state index contributed by atoms with van der Waals surface area (Å²) < 4.78 is 39.8. The molecular formula is C16H19F3N6O. The minimum Gasteiger partial charge on any atom is -0.347 e. The predicted octanol–water partition coefficient (Wildman–Crippen LogP) is 1.85. The average molecular weight is 368 g/mol. The van der Waals surface area contributed by atoms with Crippen LogP contribution >= 0.6 is 0 Å². The third-order valence-electron chi connectivity index (χ3n) is 4.53. The number of hydrogen-bond donors (Lipinski definition) is 2. The van der Waals surface area contributed by atoms with Crippen molar-refractivity contribution < 1.29 is 18.0 Å². The molecule has 2 aromatic heterocycles. The molecule has 0 aromatic carbocycles. The van der Waals surface area contributed by atoms with E-state index >= 15 is 0 Å². The first-order valence-electron chi connectivity index (χ1n) is 8.26. The number of hydrogen-bond acceptors (Lipinski definition) is 5. The molecule has 0 spiro atoms. The van der Waals surface area contributed by atoms with Crippen LogP contribution in [-0.4, -0.2) is 44.2 Å². The molecule has 2 heterocycles. The van der Waals surface area contributed by atoms with Gasteiger partial charge in [0.2, 0.25) is 5.82 Å². The summed E-state index contributed by atoms with van der Waals surface area (Å²) in [6.07, 6.45) is 5.28. The predicted molar refractivity (Wildman–Crippen MR) is 86.0 cm³/mol. The van der Waals surface area contributed by atoms with E-state index in [9.17, 15) is 18.0 Å². The van der Waals surface area contributed by atoms with Gasteiger partial charge in [-0.25, -0.2) is 15.0 Å². The highest BCUT2D eigenvalue weighted by atomic mass is 19.4. The Kier molecular flexibility index (Phi) is 5.21. The van der Waals surface area contributed by atoms with Crippen molar-refractivity contribution >= 4 is 5.91 Å². The van der Waals surface area contributed by atoms with Crippen LogP contribution in [0.5, 0.6) is 0 Å². The molecule has 1 saturated carbocycles. The third kappa shape index (κ3) is 4.37. The lowest BCUT2D eigenvalue weighted by Gasteiger charge is -2.42. The SMILES string of the molecule is O=C(NC1CCC(NCC(F)(F)F)(n2ccnc2)CC1)c1ncccn1. The van der Waals surface area contributed by atoms with E-state index in [1.165, 1.54) is 24.9 Å². The highest BCUT2D eigenvalue weighted by molar-refractivity contribution is 5.90. The zero-order valence-corrected chi connectivity index (χ0v) is 13.9. The van der Waals surface area contributed by atoms with E-state index in [-0.39, 0.29) is 17.8 Å². The van der Waals surface area contributed by atoms with Gasteiger partial charge in [-0.1, -0.05) is 0 Å². The van der Waals surface area contributed by atoms with Crippen molar-refractivity contribution in [3.8, 4) is 0 Å². The van der Waals surface area contributed by atoms with Crippen molar-refractivity contribution in [1.82, 2.24) is 30.2 Å². The number of imidazole rings is 1. The van der Waals surface area contributed by atoms with Gasteiger partial charge in [0, 0.05) is 30.8 Å². The van der Waals surface area contributed by atoms with Crippen molar-refractivity contribution in [2.45, 2.75) is 43.6 Å². The molecule has 1 aliphatic carbocycles. The van der Waals surface area contributed by atoms with E-state index in [1.54, 1.807) is 16.8 Å². The largest absolute Gasteiger partial charge is 0.401 e. The lowest BCUT2D eigenvalue weighted by Crippen LogP contribution is -2.54. The summed E-state index contributed by atoms with van der Waals surface area (Å²) in [6, 6.07) is 1.47. The van der Waals surface area contributed by atoms with Crippen LogP contribution in [0.3, 0.4) is 0 Å². The van der Waals surface area contributed by atoms with Crippen LogP contribution in [0.1, 0.15) is 36.3 Å². The summed E-state index contributed by atoms with van der Waals surface area (Å²) in [7, 11) is 0. The first kappa shape index (κ1) is 18.3. The molecule has 10 heteroatoms. The number of amides is 1. The molecule has 2 N–H and O–H groups in total. The van der Waals surface area contributed by atoms with E-state index in [0.717, 1.165) is 0 Å². The molecule has 0 atom stereocenters. The van der Waals surface area contributed by atoms with Gasteiger partial charge in [0.1, 0.15) is 0 Å². The van der Waals surface area contributed by atoms with Gasteiger partial charge in [-0.15, -0.1) is 0 Å². The van der Waals surface area contributed by atoms with Crippen molar-refractivity contribution in [1.29, 1.82) is 0 Å². The van der Waals surface area contributed by atoms with Gasteiger partial charge in [0.25, 0.3) is 5.91 Å². The fourth-order valence-corrected chi connectivity index (χ4v) is 3.21. The number of nitrogens with one attached hydrogen (secondary N) is 2. The van der Waals surface area contributed by atoms with Crippen molar-refractivity contribution in [3.05, 3.63) is 43.0 Å². The van der Waals surface area contributed by atoms with Crippen LogP contribution in [0.25, 0.3) is 0 Å². The first-order chi connectivity index (χ1) is 12.4. The van der Waals surface area contributed by atoms with Crippen molar-refractivity contribution in [2.24, 2.45) is 0 Å². The summed E-state index contributed by atoms with van der Waals surface area (Å²) in [4.78, 5) is 23.9. The Balaban J connectivity index is 1.64. The van der Waals surface area contributed by atoms with Crippen molar-refractivity contribution in [3.63, 3.8) is 0 Å². The number of carbonyl (C=O) groups excluding carboxylic acids is 1. The monoisotopic (exact) mass is 368 g/mol. The van der Waals surface area contributed by atoms with E-state index in [2.05, 4.69) is 25.6 Å². The number of aromatic nitrogens is 4. The highest BCUT2D eigenvalue weighted by Crippen LogP contribution is 2.33. The Morgan fingerprint density at radius 2 is 1.92 bits per heavy atom. The molecule has 26 heavy (non-hydrogen) atoms.